The molecule has 0 aliphatic heterocycles. The third-order valence-corrected chi connectivity index (χ3v) is 2.11. The fourth-order valence-electron chi connectivity index (χ4n) is 1.26. The maximum Gasteiger partial charge on any atom is 1.00 e. The Kier molecular flexibility index (Phi) is 6.23. The zero-order chi connectivity index (χ0) is 12.5. The monoisotopic (exact) mass is 272 g/mol. The Morgan fingerprint density at radius 1 is 1.35 bits per heavy atom. The summed E-state index contributed by atoms with van der Waals surface area (Å²) in [5, 5.41) is 9.43. The fourth-order valence-corrected chi connectivity index (χ4v) is 1.26. The van der Waals surface area contributed by atoms with Crippen molar-refractivity contribution in [1.29, 1.82) is 0 Å². The molecule has 0 atom stereocenters. The number of hydrogen-bond acceptors (Lipinski definition) is 3. The van der Waals surface area contributed by atoms with Crippen molar-refractivity contribution < 1.29 is 79.0 Å². The number of rotatable bonds is 2. The minimum Gasteiger partial charge on any atom is -0.507 e. The Bertz CT molecular complexity index is 434. The molecule has 0 bridgehead atoms. The van der Waals surface area contributed by atoms with Gasteiger partial charge in [0.15, 0.2) is 0 Å². The van der Waals surface area contributed by atoms with Gasteiger partial charge in [0.2, 0.25) is 0 Å². The van der Waals surface area contributed by atoms with Crippen LogP contribution < -0.4 is 56.8 Å². The predicted molar refractivity (Wildman–Crippen MR) is 52.9 cm³/mol. The summed E-state index contributed by atoms with van der Waals surface area (Å²) in [6, 6.07) is 1.38. The topological polar surface area (TPSA) is 46.5 Å². The molecule has 17 heavy (non-hydrogen) atoms. The molecule has 1 aromatic rings. The second-order valence-corrected chi connectivity index (χ2v) is 3.30. The standard InChI is InChI=1S/C9H9BF3O3.K/c1-5-3-6(10(11,12)13)4-7(8(5)14)9(15)16-2;/h3-4,14H,1-2H3;/q-1;+1. The number of ether oxygens (including phenoxy) is 1. The fraction of sp³-hybridized carbons (Fsp3) is 0.222. The number of phenols is 1. The summed E-state index contributed by atoms with van der Waals surface area (Å²) in [4.78, 5) is 11.1. The Morgan fingerprint density at radius 3 is 2.29 bits per heavy atom. The van der Waals surface area contributed by atoms with Gasteiger partial charge in [-0.1, -0.05) is 12.1 Å². The van der Waals surface area contributed by atoms with Crippen LogP contribution in [-0.4, -0.2) is 25.2 Å². The molecule has 3 nitrogen and oxygen atoms in total. The number of aryl methyl sites for hydroxylation is 1. The third kappa shape index (κ3) is 3.99. The van der Waals surface area contributed by atoms with Gasteiger partial charge in [0.1, 0.15) is 5.75 Å². The van der Waals surface area contributed by atoms with Gasteiger partial charge in [-0.25, -0.2) is 4.79 Å². The summed E-state index contributed by atoms with van der Waals surface area (Å²) < 4.78 is 41.7. The first kappa shape index (κ1) is 17.0. The zero-order valence-corrected chi connectivity index (χ0v) is 12.8. The maximum atomic E-state index is 12.5. The van der Waals surface area contributed by atoms with Crippen molar-refractivity contribution in [3.05, 3.63) is 23.3 Å². The molecule has 0 fully saturated rings. The van der Waals surface area contributed by atoms with Crippen LogP contribution in [0.4, 0.5) is 12.9 Å². The first-order valence-corrected chi connectivity index (χ1v) is 4.39. The molecule has 0 unspecified atom stereocenters. The van der Waals surface area contributed by atoms with Crippen LogP contribution in [0.2, 0.25) is 0 Å². The molecule has 8 heteroatoms. The minimum atomic E-state index is -5.21. The summed E-state index contributed by atoms with van der Waals surface area (Å²) >= 11 is 0. The molecule has 0 spiro atoms. The van der Waals surface area contributed by atoms with E-state index >= 15 is 0 Å². The van der Waals surface area contributed by atoms with Crippen molar-refractivity contribution in [2.75, 3.05) is 7.11 Å². The molecule has 0 aliphatic rings. The van der Waals surface area contributed by atoms with Crippen molar-refractivity contribution in [3.63, 3.8) is 0 Å². The molecule has 0 radical (unpaired) electrons. The average molecular weight is 272 g/mol. The molecule has 0 aromatic heterocycles. The third-order valence-electron chi connectivity index (χ3n) is 2.11. The molecule has 0 saturated heterocycles. The van der Waals surface area contributed by atoms with Crippen LogP contribution in [0, 0.1) is 6.92 Å². The van der Waals surface area contributed by atoms with E-state index in [1.54, 1.807) is 0 Å². The van der Waals surface area contributed by atoms with Crippen LogP contribution in [0.15, 0.2) is 12.1 Å². The van der Waals surface area contributed by atoms with Crippen molar-refractivity contribution in [2.24, 2.45) is 0 Å². The quantitative estimate of drug-likeness (QED) is 0.529. The van der Waals surface area contributed by atoms with Gasteiger partial charge < -0.3 is 22.8 Å². The van der Waals surface area contributed by atoms with E-state index in [2.05, 4.69) is 4.74 Å². The Hall–Kier alpha value is -0.0187. The predicted octanol–water partition coefficient (Wildman–Crippen LogP) is -1.45. The number of methoxy groups -OCH3 is 1. The average Bonchev–Trinajstić information content (AvgIpc) is 2.19. The second-order valence-electron chi connectivity index (χ2n) is 3.30. The second kappa shape index (κ2) is 6.24. The summed E-state index contributed by atoms with van der Waals surface area (Å²) in [5.41, 5.74) is -1.43. The van der Waals surface area contributed by atoms with Crippen LogP contribution in [-0.2, 0) is 4.74 Å². The van der Waals surface area contributed by atoms with Gasteiger partial charge in [-0.2, -0.15) is 0 Å². The summed E-state index contributed by atoms with van der Waals surface area (Å²) in [6.45, 7) is -3.93. The van der Waals surface area contributed by atoms with Crippen LogP contribution in [0.25, 0.3) is 0 Å². The Morgan fingerprint density at radius 2 is 1.88 bits per heavy atom. The number of esters is 1. The van der Waals surface area contributed by atoms with Crippen molar-refractivity contribution in [2.45, 2.75) is 6.92 Å². The number of carbonyl (C=O) groups excluding carboxylic acids is 1. The van der Waals surface area contributed by atoms with E-state index in [0.29, 0.717) is 6.07 Å². The van der Waals surface area contributed by atoms with Gasteiger partial charge in [0.25, 0.3) is 0 Å². The zero-order valence-electron chi connectivity index (χ0n) is 9.63. The van der Waals surface area contributed by atoms with Gasteiger partial charge in [-0.05, 0) is 12.5 Å². The van der Waals surface area contributed by atoms with Crippen LogP contribution in [0.1, 0.15) is 15.9 Å². The van der Waals surface area contributed by atoms with Gasteiger partial charge in [0, 0.05) is 0 Å². The van der Waals surface area contributed by atoms with Crippen molar-refractivity contribution in [1.82, 2.24) is 0 Å². The van der Waals surface area contributed by atoms with Gasteiger partial charge in [-0.3, -0.25) is 0 Å². The number of benzene rings is 1. The van der Waals surface area contributed by atoms with Crippen molar-refractivity contribution >= 4 is 18.4 Å². The first-order valence-electron chi connectivity index (χ1n) is 4.39. The van der Waals surface area contributed by atoms with Crippen molar-refractivity contribution in [3.8, 4) is 5.75 Å². The number of aromatic hydroxyl groups is 1. The van der Waals surface area contributed by atoms with E-state index in [1.807, 2.05) is 0 Å². The van der Waals surface area contributed by atoms with E-state index in [1.165, 1.54) is 6.92 Å². The molecule has 0 aliphatic carbocycles. The van der Waals surface area contributed by atoms with Crippen LogP contribution >= 0.6 is 0 Å². The molecule has 0 amide bonds. The van der Waals surface area contributed by atoms with Crippen LogP contribution in [0.3, 0.4) is 0 Å². The number of hydrogen-bond donors (Lipinski definition) is 1. The van der Waals surface area contributed by atoms with E-state index in [-0.39, 0.29) is 56.9 Å². The summed E-state index contributed by atoms with van der Waals surface area (Å²) in [7, 11) is 1.03. The molecule has 0 heterocycles. The van der Waals surface area contributed by atoms with Crippen LogP contribution in [0.5, 0.6) is 5.75 Å². The van der Waals surface area contributed by atoms with E-state index < -0.39 is 29.7 Å². The first-order chi connectivity index (χ1) is 7.27. The van der Waals surface area contributed by atoms with E-state index in [0.717, 1.165) is 13.2 Å². The summed E-state index contributed by atoms with van der Waals surface area (Å²) in [6.07, 6.45) is 0. The largest absolute Gasteiger partial charge is 1.00 e. The summed E-state index contributed by atoms with van der Waals surface area (Å²) in [5.74, 6) is -1.49. The number of carbonyl (C=O) groups is 1. The Balaban J connectivity index is 0.00000256. The molecular weight excluding hydrogens is 263 g/mol. The normalized spacial score (nSPS) is 10.6. The SMILES string of the molecule is COC(=O)c1cc([B-](F)(F)F)cc(C)c1O.[K+]. The number of halogens is 3. The molecule has 1 aromatic carbocycles. The molecule has 1 N–H and O–H groups in total. The molecule has 1 rings (SSSR count). The minimum absolute atomic E-state index is 0. The van der Waals surface area contributed by atoms with Gasteiger partial charge in [0.05, 0.1) is 12.7 Å². The molecular formula is C9H9BF3KO3. The van der Waals surface area contributed by atoms with E-state index in [9.17, 15) is 22.8 Å². The van der Waals surface area contributed by atoms with E-state index in [4.69, 9.17) is 0 Å². The number of phenolic OH excluding ortho intramolecular Hbond substituents is 1. The van der Waals surface area contributed by atoms with Gasteiger partial charge in [-0.15, -0.1) is 5.46 Å². The van der Waals surface area contributed by atoms with Gasteiger partial charge >= 0.3 is 64.3 Å². The smallest absolute Gasteiger partial charge is 0.507 e. The molecule has 88 valence electrons. The maximum absolute atomic E-state index is 12.5. The molecule has 0 saturated carbocycles. The Labute approximate surface area is 139 Å².